The predicted octanol–water partition coefficient (Wildman–Crippen LogP) is 8.83. The number of carbonyl (C=O) groups excluding carboxylic acids is 4. The van der Waals surface area contributed by atoms with Gasteiger partial charge in [0.25, 0.3) is 5.91 Å². The van der Waals surface area contributed by atoms with Crippen LogP contribution in [0.25, 0.3) is 0 Å². The van der Waals surface area contributed by atoms with Gasteiger partial charge in [0.05, 0.1) is 65.8 Å². The maximum atomic E-state index is 14.3. The normalized spacial score (nSPS) is 15.8. The van der Waals surface area contributed by atoms with Crippen LogP contribution in [0.4, 0.5) is 26.2 Å². The Morgan fingerprint density at radius 3 is 2.08 bits per heavy atom. The highest BCUT2D eigenvalue weighted by atomic mass is 35.5. The number of carboxylic acid groups (broad SMARTS) is 1. The molecule has 72 heavy (non-hydrogen) atoms. The fourth-order valence-electron chi connectivity index (χ4n) is 6.92. The number of methoxy groups -OCH3 is 1. The number of hydrogen-bond donors (Lipinski definition) is 3. The number of rotatable bonds is 14. The molecule has 3 N–H and O–H groups in total. The Labute approximate surface area is 443 Å². The van der Waals surface area contributed by atoms with Gasteiger partial charge >= 0.3 is 18.0 Å². The van der Waals surface area contributed by atoms with Crippen molar-refractivity contribution in [1.29, 1.82) is 0 Å². The van der Waals surface area contributed by atoms with Crippen molar-refractivity contribution < 1.29 is 66.8 Å². The zero-order valence-electron chi connectivity index (χ0n) is 41.7. The molecule has 1 aliphatic carbocycles. The summed E-state index contributed by atoms with van der Waals surface area (Å²) in [5.41, 5.74) is 4.27. The topological polar surface area (TPSA) is 225 Å². The molecule has 2 unspecified atom stereocenters. The summed E-state index contributed by atoms with van der Waals surface area (Å²) < 4.78 is 45.6. The quantitative estimate of drug-likeness (QED) is 0.0451. The number of amides is 4. The number of ether oxygens (including phenoxy) is 4. The van der Waals surface area contributed by atoms with E-state index in [0.29, 0.717) is 33.7 Å². The van der Waals surface area contributed by atoms with Crippen molar-refractivity contribution in [2.45, 2.75) is 90.1 Å². The van der Waals surface area contributed by atoms with Gasteiger partial charge in [-0.25, -0.2) is 14.1 Å². The molecule has 3 aliphatic rings. The molecule has 2 aliphatic heterocycles. The molecule has 17 nitrogen and oxygen atoms in total. The molecule has 3 aromatic carbocycles. The van der Waals surface area contributed by atoms with Gasteiger partial charge in [-0.15, -0.1) is 11.6 Å². The van der Waals surface area contributed by atoms with Crippen LogP contribution in [0.1, 0.15) is 71.4 Å². The van der Waals surface area contributed by atoms with Crippen LogP contribution in [-0.4, -0.2) is 115 Å². The number of imide groups is 1. The molecule has 0 radical (unpaired) electrons. The van der Waals surface area contributed by atoms with E-state index in [0.717, 1.165) is 67.1 Å². The lowest BCUT2D eigenvalue weighted by Gasteiger charge is -2.35. The number of benzene rings is 3. The van der Waals surface area contributed by atoms with Gasteiger partial charge in [0.15, 0.2) is 10.6 Å². The molecular formula is C48H64Cl4FN4O13PS. The van der Waals surface area contributed by atoms with E-state index in [1.807, 2.05) is 54.7 Å². The summed E-state index contributed by atoms with van der Waals surface area (Å²) in [6, 6.07) is 15.7. The third-order valence-corrected chi connectivity index (χ3v) is 11.5. The summed E-state index contributed by atoms with van der Waals surface area (Å²) in [5, 5.41) is 10.1. The molecule has 24 heteroatoms. The van der Waals surface area contributed by atoms with E-state index in [4.69, 9.17) is 75.4 Å². The minimum atomic E-state index is -4.35. The molecule has 2 heterocycles. The summed E-state index contributed by atoms with van der Waals surface area (Å²) in [7, 11) is -2.13. The lowest BCUT2D eigenvalue weighted by atomic mass is 10.0. The molecule has 0 aromatic heterocycles. The number of carbonyl (C=O) groups is 5. The molecule has 4 amide bonds. The highest BCUT2D eigenvalue weighted by Gasteiger charge is 2.40. The predicted molar refractivity (Wildman–Crippen MR) is 282 cm³/mol. The third kappa shape index (κ3) is 20.3. The Kier molecular flexibility index (Phi) is 28.0. The number of halogens is 5. The van der Waals surface area contributed by atoms with Crippen LogP contribution in [0.3, 0.4) is 0 Å². The van der Waals surface area contributed by atoms with E-state index in [1.165, 1.54) is 6.07 Å². The van der Waals surface area contributed by atoms with E-state index in [9.17, 15) is 37.8 Å². The number of allylic oxidation sites excluding steroid dienone is 1. The number of aryl methyl sites for hydroxylation is 2. The summed E-state index contributed by atoms with van der Waals surface area (Å²) in [4.78, 5) is 78.8. The second kappa shape index (κ2) is 31.6. The number of hydrogen-bond acceptors (Lipinski definition) is 12. The van der Waals surface area contributed by atoms with Gasteiger partial charge < -0.3 is 43.3 Å². The smallest absolute Gasteiger partial charge is 0.427 e. The maximum absolute atomic E-state index is 14.3. The first-order valence-corrected chi connectivity index (χ1v) is 28.5. The van der Waals surface area contributed by atoms with E-state index < -0.39 is 49.0 Å². The van der Waals surface area contributed by atoms with Gasteiger partial charge in [-0.3, -0.25) is 29.4 Å². The molecule has 1 saturated carbocycles. The van der Waals surface area contributed by atoms with Crippen LogP contribution in [-0.2, 0) is 57.0 Å². The minimum absolute atomic E-state index is 0.00962. The molecule has 3 aromatic rings. The number of aliphatic carboxylic acids is 1. The second-order valence-electron chi connectivity index (χ2n) is 16.6. The Morgan fingerprint density at radius 2 is 1.60 bits per heavy atom. The van der Waals surface area contributed by atoms with Crippen LogP contribution in [0.15, 0.2) is 65.9 Å². The summed E-state index contributed by atoms with van der Waals surface area (Å²) in [6.07, 6.45) is 10.6. The minimum Gasteiger partial charge on any atom is -0.778 e. The SMILES string of the molecule is CC(C)=C1OC(=O)N(c2cc(OC3CCCC3)c(Cl)cc2F)C1=O.CC1COc2ccccc2N1C(=O)C(Cl)Cl.CCc1cccc(CC)c1N(COC)C(=O)CCl.C[S+](C)C.O=C(O)CNCP(=O)([O-])O. The molecule has 6 rings (SSSR count). The zero-order valence-corrected chi connectivity index (χ0v) is 46.4. The Bertz CT molecular complexity index is 2360. The monoisotopic (exact) mass is 1130 g/mol. The second-order valence-corrected chi connectivity index (χ2v) is 22.4. The van der Waals surface area contributed by atoms with Gasteiger partial charge in [0.2, 0.25) is 5.91 Å². The van der Waals surface area contributed by atoms with E-state index in [1.54, 1.807) is 30.8 Å². The van der Waals surface area contributed by atoms with Crippen molar-refractivity contribution >= 4 is 112 Å². The van der Waals surface area contributed by atoms with Crippen LogP contribution < -0.4 is 34.4 Å². The van der Waals surface area contributed by atoms with Crippen LogP contribution in [0.2, 0.25) is 5.02 Å². The Hall–Kier alpha value is -4.14. The van der Waals surface area contributed by atoms with Crippen LogP contribution >= 0.6 is 54.0 Å². The lowest BCUT2D eigenvalue weighted by molar-refractivity contribution is -0.193. The molecule has 400 valence electrons. The highest BCUT2D eigenvalue weighted by Crippen LogP contribution is 2.38. The summed E-state index contributed by atoms with van der Waals surface area (Å²) in [5.74, 6) is -2.30. The number of alkyl halides is 3. The van der Waals surface area contributed by atoms with Crippen LogP contribution in [0.5, 0.6) is 11.5 Å². The van der Waals surface area contributed by atoms with Crippen molar-refractivity contribution in [1.82, 2.24) is 5.32 Å². The van der Waals surface area contributed by atoms with Crippen LogP contribution in [0, 0.1) is 5.82 Å². The molecular weight excluding hydrogens is 1060 g/mol. The molecule has 2 atom stereocenters. The largest absolute Gasteiger partial charge is 0.778 e. The number of carboxylic acids is 1. The van der Waals surface area contributed by atoms with E-state index >= 15 is 0 Å². The molecule has 0 bridgehead atoms. The standard InChI is InChI=1S/C17H17ClFNO4.C14H20ClNO2.C11H11Cl2NO2.C3H8NO5P.C3H9S/c1-9(2)15-16(21)20(17(22)24-15)13-8-14(11(18)7-12(13)19)23-10-5-3-4-6-10;1-4-11-7-6-8-12(5-2)14(11)16(10-18-3)13(17)9-15;1-7-6-16-9-5-3-2-4-8(9)14(7)11(15)10(12)13;5-3(6)1-4-2-10(7,8)9;1-4(2)3/h7-8,10H,3-6H2,1-2H3;6-8H,4-5,9-10H2,1-3H3;2-5,7,10H,6H2,1H3;4H,1-2H2,(H,5,6)(H2,7,8,9);1-3H3/q;;;;+1/p-1. The van der Waals surface area contributed by atoms with Crippen molar-refractivity contribution in [3.05, 3.63) is 87.9 Å². The van der Waals surface area contributed by atoms with Gasteiger partial charge in [-0.2, -0.15) is 0 Å². The highest BCUT2D eigenvalue weighted by molar-refractivity contribution is 7.94. The number of cyclic esters (lactones) is 1. The summed E-state index contributed by atoms with van der Waals surface area (Å²) in [6.45, 7) is 9.52. The molecule has 0 spiro atoms. The van der Waals surface area contributed by atoms with Crippen molar-refractivity contribution in [2.75, 3.05) is 72.6 Å². The van der Waals surface area contributed by atoms with E-state index in [-0.39, 0.29) is 58.8 Å². The molecule has 1 saturated heterocycles. The van der Waals surface area contributed by atoms with Gasteiger partial charge in [-0.05, 0) is 105 Å². The average molecular weight is 1130 g/mol. The fourth-order valence-corrected chi connectivity index (χ4v) is 7.86. The Morgan fingerprint density at radius 1 is 1.01 bits per heavy atom. The number of para-hydroxylation sites is 3. The third-order valence-electron chi connectivity index (χ3n) is 10.0. The first kappa shape index (κ1) is 64.0. The fraction of sp³-hybridized carbons (Fsp3) is 0.479. The van der Waals surface area contributed by atoms with Gasteiger partial charge in [0.1, 0.15) is 44.1 Å². The summed E-state index contributed by atoms with van der Waals surface area (Å²) >= 11 is 23.0. The average Bonchev–Trinajstić information content (AvgIpc) is 3.94. The van der Waals surface area contributed by atoms with Crippen molar-refractivity contribution in [3.63, 3.8) is 0 Å². The maximum Gasteiger partial charge on any atom is 0.427 e. The number of nitrogens with one attached hydrogen (secondary N) is 1. The number of anilines is 3. The lowest BCUT2D eigenvalue weighted by Crippen LogP contribution is -2.47. The van der Waals surface area contributed by atoms with Crippen molar-refractivity contribution in [2.24, 2.45) is 0 Å². The Balaban J connectivity index is 0.000000333. The van der Waals surface area contributed by atoms with Crippen molar-refractivity contribution in [3.8, 4) is 11.5 Å². The van der Waals surface area contributed by atoms with E-state index in [2.05, 4.69) is 32.6 Å². The first-order valence-electron chi connectivity index (χ1n) is 22.5. The van der Waals surface area contributed by atoms with Gasteiger partial charge in [0, 0.05) is 13.2 Å². The molecule has 2 fully saturated rings. The first-order chi connectivity index (χ1) is 33.8. The number of nitrogens with zero attached hydrogens (tertiary/aromatic N) is 3. The zero-order chi connectivity index (χ0) is 54.5. The number of fused-ring (bicyclic) bond motifs is 1. The van der Waals surface area contributed by atoms with Gasteiger partial charge in [-0.1, -0.05) is 79.0 Å².